The van der Waals surface area contributed by atoms with Crippen LogP contribution in [0, 0.1) is 0 Å². The van der Waals surface area contributed by atoms with E-state index in [1.54, 1.807) is 0 Å². The average molecular weight is 424 g/mol. The fourth-order valence-corrected chi connectivity index (χ4v) is 4.75. The first-order valence-electron chi connectivity index (χ1n) is 11.4. The average Bonchev–Trinajstić information content (AvgIpc) is 2.86. The largest absolute Gasteiger partial charge is 0.381 e. The van der Waals surface area contributed by atoms with E-state index in [-0.39, 0.29) is 5.91 Å². The highest BCUT2D eigenvalue weighted by Gasteiger charge is 2.44. The predicted molar refractivity (Wildman–Crippen MR) is 123 cm³/mol. The molecule has 0 radical (unpaired) electrons. The van der Waals surface area contributed by atoms with Gasteiger partial charge in [0.1, 0.15) is 0 Å². The number of benzene rings is 1. The molecule has 2 fully saturated rings. The minimum Gasteiger partial charge on any atom is -0.381 e. The maximum absolute atomic E-state index is 13.7. The van der Waals surface area contributed by atoms with E-state index in [9.17, 15) is 4.79 Å². The zero-order valence-electron chi connectivity index (χ0n) is 18.7. The molecule has 2 aromatic rings. The summed E-state index contributed by atoms with van der Waals surface area (Å²) in [6.07, 6.45) is 1.49. The lowest BCUT2D eigenvalue weighted by atomic mass is 9.73. The van der Waals surface area contributed by atoms with Gasteiger partial charge in [-0.3, -0.25) is 4.79 Å². The van der Waals surface area contributed by atoms with Crippen LogP contribution in [0.25, 0.3) is 0 Å². The van der Waals surface area contributed by atoms with Crippen molar-refractivity contribution in [2.75, 3.05) is 62.3 Å². The second-order valence-electron chi connectivity index (χ2n) is 8.26. The molecule has 2 aliphatic heterocycles. The molecule has 166 valence electrons. The van der Waals surface area contributed by atoms with Crippen LogP contribution in [0.3, 0.4) is 0 Å². The molecule has 0 aliphatic carbocycles. The Bertz CT molecular complexity index is 840. The summed E-state index contributed by atoms with van der Waals surface area (Å²) < 4.78 is 5.60. The zero-order valence-corrected chi connectivity index (χ0v) is 18.7. The molecule has 7 heteroatoms. The zero-order chi connectivity index (χ0) is 21.7. The molecule has 0 unspecified atom stereocenters. The summed E-state index contributed by atoms with van der Waals surface area (Å²) >= 11 is 0. The quantitative estimate of drug-likeness (QED) is 0.712. The Morgan fingerprint density at radius 1 is 0.968 bits per heavy atom. The van der Waals surface area contributed by atoms with E-state index in [1.165, 1.54) is 0 Å². The molecule has 31 heavy (non-hydrogen) atoms. The van der Waals surface area contributed by atoms with Crippen LogP contribution in [0.2, 0.25) is 0 Å². The first kappa shape index (κ1) is 21.6. The van der Waals surface area contributed by atoms with Gasteiger partial charge in [-0.1, -0.05) is 30.3 Å². The van der Waals surface area contributed by atoms with Crippen LogP contribution >= 0.6 is 0 Å². The number of aromatic nitrogens is 2. The van der Waals surface area contributed by atoms with Gasteiger partial charge in [0.15, 0.2) is 11.6 Å². The lowest BCUT2D eigenvalue weighted by Crippen LogP contribution is -2.56. The van der Waals surface area contributed by atoms with Crippen molar-refractivity contribution in [1.29, 1.82) is 0 Å². The second-order valence-corrected chi connectivity index (χ2v) is 8.26. The summed E-state index contributed by atoms with van der Waals surface area (Å²) in [5.74, 6) is 2.03. The van der Waals surface area contributed by atoms with E-state index in [4.69, 9.17) is 4.74 Å². The monoisotopic (exact) mass is 423 g/mol. The lowest BCUT2D eigenvalue weighted by molar-refractivity contribution is -0.141. The molecule has 0 atom stereocenters. The summed E-state index contributed by atoms with van der Waals surface area (Å²) in [6.45, 7) is 10.3. The molecule has 1 aromatic heterocycles. The van der Waals surface area contributed by atoms with Crippen LogP contribution in [0.15, 0.2) is 42.5 Å². The SMILES string of the molecule is CCN(CC)c1ccc(N2CCN(C(=O)C3(c4ccccc4)CCOCC3)CC2)nn1. The molecule has 0 saturated carbocycles. The Morgan fingerprint density at radius 3 is 2.23 bits per heavy atom. The van der Waals surface area contributed by atoms with Gasteiger partial charge in [0, 0.05) is 52.5 Å². The number of anilines is 2. The van der Waals surface area contributed by atoms with Crippen LogP contribution in [0.5, 0.6) is 0 Å². The molecular formula is C24H33N5O2. The van der Waals surface area contributed by atoms with Crippen molar-refractivity contribution in [3.8, 4) is 0 Å². The van der Waals surface area contributed by atoms with Crippen LogP contribution in [0.1, 0.15) is 32.3 Å². The number of carbonyl (C=O) groups is 1. The third kappa shape index (κ3) is 4.37. The molecule has 3 heterocycles. The van der Waals surface area contributed by atoms with Gasteiger partial charge in [0.05, 0.1) is 5.41 Å². The van der Waals surface area contributed by atoms with E-state index in [1.807, 2.05) is 35.2 Å². The van der Waals surface area contributed by atoms with Crippen molar-refractivity contribution in [2.24, 2.45) is 0 Å². The summed E-state index contributed by atoms with van der Waals surface area (Å²) in [6, 6.07) is 14.3. The number of hydrogen-bond donors (Lipinski definition) is 0. The van der Waals surface area contributed by atoms with Crippen LogP contribution in [-0.4, -0.2) is 73.5 Å². The summed E-state index contributed by atoms with van der Waals surface area (Å²) in [7, 11) is 0. The normalized spacial score (nSPS) is 18.6. The molecule has 0 N–H and O–H groups in total. The molecule has 1 aromatic carbocycles. The van der Waals surface area contributed by atoms with Gasteiger partial charge in [-0.05, 0) is 44.4 Å². The first-order valence-corrected chi connectivity index (χ1v) is 11.4. The van der Waals surface area contributed by atoms with Crippen LogP contribution < -0.4 is 9.80 Å². The first-order chi connectivity index (χ1) is 15.2. The molecule has 2 saturated heterocycles. The van der Waals surface area contributed by atoms with E-state index in [0.29, 0.717) is 26.3 Å². The van der Waals surface area contributed by atoms with E-state index >= 15 is 0 Å². The van der Waals surface area contributed by atoms with Crippen LogP contribution in [0.4, 0.5) is 11.6 Å². The van der Waals surface area contributed by atoms with Gasteiger partial charge < -0.3 is 19.4 Å². The third-order valence-electron chi connectivity index (χ3n) is 6.70. The summed E-state index contributed by atoms with van der Waals surface area (Å²) in [4.78, 5) is 20.2. The fraction of sp³-hybridized carbons (Fsp3) is 0.542. The van der Waals surface area contributed by atoms with Crippen LogP contribution in [-0.2, 0) is 14.9 Å². The Hall–Kier alpha value is -2.67. The van der Waals surface area contributed by atoms with E-state index < -0.39 is 5.41 Å². The number of rotatable bonds is 6. The number of carbonyl (C=O) groups excluding carboxylic acids is 1. The van der Waals surface area contributed by atoms with Gasteiger partial charge in [-0.25, -0.2) is 0 Å². The number of amides is 1. The van der Waals surface area contributed by atoms with Gasteiger partial charge in [0.2, 0.25) is 5.91 Å². The highest BCUT2D eigenvalue weighted by Crippen LogP contribution is 2.37. The van der Waals surface area contributed by atoms with E-state index in [0.717, 1.165) is 56.2 Å². The molecule has 7 nitrogen and oxygen atoms in total. The highest BCUT2D eigenvalue weighted by molar-refractivity contribution is 5.88. The van der Waals surface area contributed by atoms with E-state index in [2.05, 4.69) is 46.0 Å². The Kier molecular flexibility index (Phi) is 6.70. The molecule has 0 bridgehead atoms. The second kappa shape index (κ2) is 9.64. The Balaban J connectivity index is 1.43. The molecular weight excluding hydrogens is 390 g/mol. The number of piperazine rings is 1. The summed E-state index contributed by atoms with van der Waals surface area (Å²) in [5.41, 5.74) is 0.649. The van der Waals surface area contributed by atoms with Gasteiger partial charge >= 0.3 is 0 Å². The minimum atomic E-state index is -0.465. The van der Waals surface area contributed by atoms with Gasteiger partial charge in [0.25, 0.3) is 0 Å². The molecule has 0 spiro atoms. The Labute approximate surface area is 185 Å². The van der Waals surface area contributed by atoms with Crippen molar-refractivity contribution in [3.63, 3.8) is 0 Å². The highest BCUT2D eigenvalue weighted by atomic mass is 16.5. The number of nitrogens with zero attached hydrogens (tertiary/aromatic N) is 5. The standard InChI is InChI=1S/C24H33N5O2/c1-3-27(4-2)21-10-11-22(26-25-21)28-14-16-29(17-15-28)23(30)24(12-18-31-19-13-24)20-8-6-5-7-9-20/h5-11H,3-4,12-19H2,1-2H3. The Morgan fingerprint density at radius 2 is 1.65 bits per heavy atom. The molecule has 1 amide bonds. The maximum Gasteiger partial charge on any atom is 0.233 e. The minimum absolute atomic E-state index is 0.240. The predicted octanol–water partition coefficient (Wildman–Crippen LogP) is 2.72. The third-order valence-corrected chi connectivity index (χ3v) is 6.70. The smallest absolute Gasteiger partial charge is 0.233 e. The fourth-order valence-electron chi connectivity index (χ4n) is 4.75. The topological polar surface area (TPSA) is 61.8 Å². The van der Waals surface area contributed by atoms with Gasteiger partial charge in [-0.2, -0.15) is 0 Å². The maximum atomic E-state index is 13.7. The summed E-state index contributed by atoms with van der Waals surface area (Å²) in [5, 5.41) is 8.87. The van der Waals surface area contributed by atoms with Crippen molar-refractivity contribution in [3.05, 3.63) is 48.0 Å². The molecule has 2 aliphatic rings. The van der Waals surface area contributed by atoms with Gasteiger partial charge in [-0.15, -0.1) is 10.2 Å². The molecule has 4 rings (SSSR count). The lowest BCUT2D eigenvalue weighted by Gasteiger charge is -2.43. The van der Waals surface area contributed by atoms with Crippen molar-refractivity contribution < 1.29 is 9.53 Å². The number of hydrogen-bond acceptors (Lipinski definition) is 6. The number of ether oxygens (including phenoxy) is 1. The van der Waals surface area contributed by atoms with Crippen molar-refractivity contribution in [2.45, 2.75) is 32.1 Å². The van der Waals surface area contributed by atoms with Crippen molar-refractivity contribution in [1.82, 2.24) is 15.1 Å². The van der Waals surface area contributed by atoms with Crippen molar-refractivity contribution >= 4 is 17.5 Å².